The third-order valence-electron chi connectivity index (χ3n) is 3.95. The zero-order chi connectivity index (χ0) is 19.5. The Morgan fingerprint density at radius 1 is 1.11 bits per heavy atom. The van der Waals surface area contributed by atoms with Gasteiger partial charge in [0.2, 0.25) is 5.75 Å². The number of guanidine groups is 1. The van der Waals surface area contributed by atoms with Gasteiger partial charge < -0.3 is 29.3 Å². The van der Waals surface area contributed by atoms with E-state index < -0.39 is 0 Å². The summed E-state index contributed by atoms with van der Waals surface area (Å²) in [6.45, 7) is 3.60. The molecular weight excluding hydrogens is 473 g/mol. The lowest BCUT2D eigenvalue weighted by Gasteiger charge is -2.16. The van der Waals surface area contributed by atoms with Crippen molar-refractivity contribution in [3.63, 3.8) is 0 Å². The smallest absolute Gasteiger partial charge is 0.203 e. The highest BCUT2D eigenvalue weighted by atomic mass is 127. The van der Waals surface area contributed by atoms with Gasteiger partial charge in [0, 0.05) is 37.3 Å². The predicted octanol–water partition coefficient (Wildman–Crippen LogP) is 4.32. The van der Waals surface area contributed by atoms with Gasteiger partial charge in [-0.3, -0.25) is 4.99 Å². The minimum atomic E-state index is 0. The number of methoxy groups -OCH3 is 3. The first-order chi connectivity index (χ1) is 13.2. The number of unbranched alkanes of at least 4 members (excludes halogenated alkanes) is 1. The Kier molecular flexibility index (Phi) is 11.2. The molecule has 1 aromatic carbocycles. The molecule has 0 saturated heterocycles. The number of rotatable bonds is 10. The van der Waals surface area contributed by atoms with Gasteiger partial charge in [0.15, 0.2) is 17.5 Å². The normalized spacial score (nSPS) is 10.8. The minimum Gasteiger partial charge on any atom is -0.493 e. The summed E-state index contributed by atoms with van der Waals surface area (Å²) in [5, 5.41) is 6.65. The van der Waals surface area contributed by atoms with E-state index in [2.05, 4.69) is 22.5 Å². The molecule has 2 rings (SSSR count). The second-order valence-electron chi connectivity index (χ2n) is 5.88. The molecule has 8 heteroatoms. The van der Waals surface area contributed by atoms with Gasteiger partial charge in [-0.2, -0.15) is 0 Å². The van der Waals surface area contributed by atoms with E-state index in [-0.39, 0.29) is 24.0 Å². The average molecular weight is 503 g/mol. The van der Waals surface area contributed by atoms with Crippen LogP contribution in [0.25, 0.3) is 0 Å². The third-order valence-corrected chi connectivity index (χ3v) is 3.95. The first-order valence-corrected chi connectivity index (χ1v) is 9.09. The van der Waals surface area contributed by atoms with Gasteiger partial charge in [0.25, 0.3) is 0 Å². The number of hydrogen-bond donors (Lipinski definition) is 2. The molecule has 0 aliphatic rings. The lowest BCUT2D eigenvalue weighted by atomic mass is 10.2. The van der Waals surface area contributed by atoms with E-state index >= 15 is 0 Å². The van der Waals surface area contributed by atoms with Gasteiger partial charge in [-0.05, 0) is 18.6 Å². The van der Waals surface area contributed by atoms with Gasteiger partial charge in [-0.25, -0.2) is 0 Å². The summed E-state index contributed by atoms with van der Waals surface area (Å²) in [7, 11) is 4.78. The van der Waals surface area contributed by atoms with Crippen LogP contribution in [0.2, 0.25) is 0 Å². The number of benzene rings is 1. The zero-order valence-electron chi connectivity index (χ0n) is 16.9. The van der Waals surface area contributed by atoms with Gasteiger partial charge in [0.05, 0.1) is 27.6 Å². The molecule has 7 nitrogen and oxygen atoms in total. The predicted molar refractivity (Wildman–Crippen MR) is 123 cm³/mol. The van der Waals surface area contributed by atoms with Crippen molar-refractivity contribution < 1.29 is 18.6 Å². The molecule has 28 heavy (non-hydrogen) atoms. The van der Waals surface area contributed by atoms with E-state index in [9.17, 15) is 0 Å². The summed E-state index contributed by atoms with van der Waals surface area (Å²) < 4.78 is 21.6. The molecule has 0 bridgehead atoms. The van der Waals surface area contributed by atoms with Crippen molar-refractivity contribution in [1.29, 1.82) is 0 Å². The Balaban J connectivity index is 0.00000392. The molecule has 0 amide bonds. The van der Waals surface area contributed by atoms with Crippen LogP contribution in [0, 0.1) is 0 Å². The fourth-order valence-corrected chi connectivity index (χ4v) is 2.54. The van der Waals surface area contributed by atoms with Gasteiger partial charge >= 0.3 is 0 Å². The fraction of sp³-hybridized carbons (Fsp3) is 0.450. The molecule has 0 radical (unpaired) electrons. The quantitative estimate of drug-likeness (QED) is 0.218. The fourth-order valence-electron chi connectivity index (χ4n) is 2.54. The maximum absolute atomic E-state index is 5.41. The summed E-state index contributed by atoms with van der Waals surface area (Å²) in [6, 6.07) is 7.55. The summed E-state index contributed by atoms with van der Waals surface area (Å²) in [5.74, 6) is 3.36. The van der Waals surface area contributed by atoms with Crippen molar-refractivity contribution in [3.8, 4) is 17.2 Å². The van der Waals surface area contributed by atoms with Crippen molar-refractivity contribution in [2.45, 2.75) is 26.2 Å². The first-order valence-electron chi connectivity index (χ1n) is 9.09. The molecule has 1 aromatic heterocycles. The first kappa shape index (κ1) is 23.9. The largest absolute Gasteiger partial charge is 0.493 e. The molecule has 0 saturated carbocycles. The molecule has 2 N–H and O–H groups in total. The lowest BCUT2D eigenvalue weighted by molar-refractivity contribution is 0.324. The number of aliphatic imine (C=N–C) groups is 1. The Morgan fingerprint density at radius 2 is 1.82 bits per heavy atom. The summed E-state index contributed by atoms with van der Waals surface area (Å²) >= 11 is 0. The molecule has 0 spiro atoms. The number of halogens is 1. The van der Waals surface area contributed by atoms with E-state index in [1.54, 1.807) is 27.6 Å². The van der Waals surface area contributed by atoms with Crippen molar-refractivity contribution in [3.05, 3.63) is 36.3 Å². The Labute approximate surface area is 183 Å². The van der Waals surface area contributed by atoms with Crippen LogP contribution < -0.4 is 24.8 Å². The lowest BCUT2D eigenvalue weighted by Crippen LogP contribution is -2.32. The van der Waals surface area contributed by atoms with Crippen LogP contribution in [0.15, 0.2) is 39.9 Å². The molecule has 0 fully saturated rings. The Morgan fingerprint density at radius 3 is 2.36 bits per heavy atom. The van der Waals surface area contributed by atoms with Gasteiger partial charge in [-0.15, -0.1) is 24.0 Å². The van der Waals surface area contributed by atoms with Crippen molar-refractivity contribution in [2.75, 3.05) is 39.7 Å². The highest BCUT2D eigenvalue weighted by Crippen LogP contribution is 2.39. The topological polar surface area (TPSA) is 77.3 Å². The van der Waals surface area contributed by atoms with Crippen LogP contribution in [-0.4, -0.2) is 40.4 Å². The zero-order valence-corrected chi connectivity index (χ0v) is 19.2. The number of nitrogens with one attached hydrogen (secondary N) is 2. The molecule has 0 aliphatic heterocycles. The van der Waals surface area contributed by atoms with Crippen LogP contribution in [0.4, 0.5) is 5.69 Å². The average Bonchev–Trinajstić information content (AvgIpc) is 3.20. The van der Waals surface area contributed by atoms with Crippen LogP contribution in [-0.2, 0) is 6.42 Å². The SMILES string of the molecule is CCCCN=C(NCCc1ccco1)Nc1cc(OC)c(OC)c(OC)c1.I. The summed E-state index contributed by atoms with van der Waals surface area (Å²) in [4.78, 5) is 4.63. The second kappa shape index (κ2) is 13.1. The van der Waals surface area contributed by atoms with Gasteiger partial charge in [0.1, 0.15) is 5.76 Å². The highest BCUT2D eigenvalue weighted by Gasteiger charge is 2.14. The summed E-state index contributed by atoms with van der Waals surface area (Å²) in [6.07, 6.45) is 4.57. The Bertz CT molecular complexity index is 695. The molecule has 2 aromatic rings. The van der Waals surface area contributed by atoms with Crippen LogP contribution >= 0.6 is 24.0 Å². The second-order valence-corrected chi connectivity index (χ2v) is 5.88. The number of ether oxygens (including phenoxy) is 3. The van der Waals surface area contributed by atoms with Crippen LogP contribution in [0.1, 0.15) is 25.5 Å². The Hall–Kier alpha value is -2.10. The third kappa shape index (κ3) is 7.14. The molecule has 1 heterocycles. The minimum absolute atomic E-state index is 0. The van der Waals surface area contributed by atoms with Gasteiger partial charge in [-0.1, -0.05) is 13.3 Å². The highest BCUT2D eigenvalue weighted by molar-refractivity contribution is 14.0. The van der Waals surface area contributed by atoms with Crippen molar-refractivity contribution >= 4 is 35.6 Å². The number of nitrogens with zero attached hydrogens (tertiary/aromatic N) is 1. The van der Waals surface area contributed by atoms with Crippen molar-refractivity contribution in [2.24, 2.45) is 4.99 Å². The number of furan rings is 1. The van der Waals surface area contributed by atoms with Crippen molar-refractivity contribution in [1.82, 2.24) is 5.32 Å². The molecule has 156 valence electrons. The standard InChI is InChI=1S/C20H29N3O4.HI/c1-5-6-10-21-20(22-11-9-16-8-7-12-27-16)23-15-13-17(24-2)19(26-4)18(14-15)25-3;/h7-8,12-14H,5-6,9-11H2,1-4H3,(H2,21,22,23);1H. The van der Waals surface area contributed by atoms with E-state index in [1.807, 2.05) is 24.3 Å². The maximum atomic E-state index is 5.41. The van der Waals surface area contributed by atoms with E-state index in [4.69, 9.17) is 18.6 Å². The van der Waals surface area contributed by atoms with E-state index in [0.29, 0.717) is 29.8 Å². The van der Waals surface area contributed by atoms with E-state index in [0.717, 1.165) is 37.3 Å². The van der Waals surface area contributed by atoms with Crippen LogP contribution in [0.5, 0.6) is 17.2 Å². The summed E-state index contributed by atoms with van der Waals surface area (Å²) in [5.41, 5.74) is 0.797. The molecule has 0 atom stereocenters. The maximum Gasteiger partial charge on any atom is 0.203 e. The number of hydrogen-bond acceptors (Lipinski definition) is 5. The monoisotopic (exact) mass is 503 g/mol. The number of anilines is 1. The molecule has 0 unspecified atom stereocenters. The van der Waals surface area contributed by atoms with E-state index in [1.165, 1.54) is 0 Å². The van der Waals surface area contributed by atoms with Crippen LogP contribution in [0.3, 0.4) is 0 Å². The molecular formula is C20H30IN3O4. The molecule has 0 aliphatic carbocycles.